The van der Waals surface area contributed by atoms with Crippen LogP contribution >= 0.6 is 0 Å². The molecule has 0 amide bonds. The molecule has 1 nitrogen and oxygen atoms in total. The van der Waals surface area contributed by atoms with Crippen LogP contribution in [0.5, 0.6) is 0 Å². The fraction of sp³-hybridized carbons (Fsp3) is 0.250. The van der Waals surface area contributed by atoms with E-state index in [2.05, 4.69) is 13.2 Å². The molecular weight excluding hydrogens is 110 g/mol. The van der Waals surface area contributed by atoms with Crippen molar-refractivity contribution in [2.75, 3.05) is 7.05 Å². The van der Waals surface area contributed by atoms with Crippen LogP contribution in [0.3, 0.4) is 0 Å². The molecule has 0 spiro atoms. The normalized spacial score (nSPS) is 10.7. The molecule has 0 aromatic rings. The lowest BCUT2D eigenvalue weighted by atomic mass is 10.4. The monoisotopic (exact) mass is 123 g/mol. The van der Waals surface area contributed by atoms with Crippen molar-refractivity contribution in [2.45, 2.75) is 6.92 Å². The number of nitrogens with zero attached hydrogens (tertiary/aromatic N) is 1. The van der Waals surface area contributed by atoms with E-state index in [9.17, 15) is 0 Å². The van der Waals surface area contributed by atoms with E-state index in [0.717, 1.165) is 5.70 Å². The Hall–Kier alpha value is -0.980. The highest BCUT2D eigenvalue weighted by molar-refractivity contribution is 5.08. The van der Waals surface area contributed by atoms with Crippen LogP contribution < -0.4 is 0 Å². The molecule has 0 atom stereocenters. The Bertz CT molecular complexity index is 134. The van der Waals surface area contributed by atoms with Crippen molar-refractivity contribution in [1.29, 1.82) is 0 Å². The number of hydrogen-bond acceptors (Lipinski definition) is 1. The Labute approximate surface area is 57.0 Å². The highest BCUT2D eigenvalue weighted by atomic mass is 15.1. The van der Waals surface area contributed by atoms with Crippen molar-refractivity contribution in [1.82, 2.24) is 4.90 Å². The highest BCUT2D eigenvalue weighted by Crippen LogP contribution is 1.98. The second kappa shape index (κ2) is 3.96. The molecule has 1 heteroatoms. The predicted octanol–water partition coefficient (Wildman–Crippen LogP) is 2.15. The fourth-order valence-corrected chi connectivity index (χ4v) is 0.432. The van der Waals surface area contributed by atoms with Crippen LogP contribution in [-0.2, 0) is 0 Å². The minimum atomic E-state index is 1.14. The Morgan fingerprint density at radius 3 is 2.33 bits per heavy atom. The summed E-state index contributed by atoms with van der Waals surface area (Å²) in [6, 6.07) is 0. The molecule has 0 N–H and O–H groups in total. The molecule has 0 aromatic heterocycles. The smallest absolute Gasteiger partial charge is 0.0139 e. The van der Waals surface area contributed by atoms with Gasteiger partial charge < -0.3 is 4.90 Å². The van der Waals surface area contributed by atoms with E-state index >= 15 is 0 Å². The Kier molecular flexibility index (Phi) is 3.52. The summed E-state index contributed by atoms with van der Waals surface area (Å²) in [5, 5.41) is 0. The van der Waals surface area contributed by atoms with Gasteiger partial charge in [-0.3, -0.25) is 0 Å². The summed E-state index contributed by atoms with van der Waals surface area (Å²) in [7, 11) is 1.95. The first-order chi connectivity index (χ1) is 4.22. The van der Waals surface area contributed by atoms with Gasteiger partial charge in [-0.05, 0) is 19.2 Å². The molecule has 0 aromatic carbocycles. The lowest BCUT2D eigenvalue weighted by Crippen LogP contribution is -2.05. The van der Waals surface area contributed by atoms with Crippen molar-refractivity contribution in [2.24, 2.45) is 0 Å². The van der Waals surface area contributed by atoms with Crippen LogP contribution in [0.4, 0.5) is 0 Å². The third-order valence-electron chi connectivity index (χ3n) is 1.19. The van der Waals surface area contributed by atoms with Gasteiger partial charge in [-0.2, -0.15) is 0 Å². The van der Waals surface area contributed by atoms with Gasteiger partial charge in [0.15, 0.2) is 0 Å². The van der Waals surface area contributed by atoms with Gasteiger partial charge in [0.05, 0.1) is 0 Å². The standard InChI is InChI=1S/C8H13N/c1-5-7-8(3)9(4)6-2/h5-7H,1-2H2,3-4H3. The maximum Gasteiger partial charge on any atom is 0.0139 e. The third-order valence-corrected chi connectivity index (χ3v) is 1.19. The van der Waals surface area contributed by atoms with Crippen molar-refractivity contribution in [3.63, 3.8) is 0 Å². The number of allylic oxidation sites excluding steroid dienone is 3. The molecule has 0 radical (unpaired) electrons. The van der Waals surface area contributed by atoms with Crippen LogP contribution in [0.1, 0.15) is 6.92 Å². The van der Waals surface area contributed by atoms with Crippen LogP contribution in [-0.4, -0.2) is 11.9 Å². The second-order valence-corrected chi connectivity index (χ2v) is 1.84. The van der Waals surface area contributed by atoms with Crippen LogP contribution in [0.2, 0.25) is 0 Å². The van der Waals surface area contributed by atoms with Gasteiger partial charge in [0, 0.05) is 12.7 Å². The number of hydrogen-bond donors (Lipinski definition) is 0. The van der Waals surface area contributed by atoms with E-state index in [1.807, 2.05) is 24.9 Å². The highest BCUT2D eigenvalue weighted by Gasteiger charge is 1.87. The molecule has 0 aliphatic heterocycles. The molecule has 0 saturated heterocycles. The molecule has 0 unspecified atom stereocenters. The largest absolute Gasteiger partial charge is 0.355 e. The van der Waals surface area contributed by atoms with Crippen LogP contribution in [0.25, 0.3) is 0 Å². The van der Waals surface area contributed by atoms with E-state index < -0.39 is 0 Å². The minimum Gasteiger partial charge on any atom is -0.355 e. The van der Waals surface area contributed by atoms with Crippen molar-refractivity contribution in [3.8, 4) is 0 Å². The molecular formula is C8H13N. The predicted molar refractivity (Wildman–Crippen MR) is 41.9 cm³/mol. The topological polar surface area (TPSA) is 3.24 Å². The number of rotatable bonds is 3. The average Bonchev–Trinajstić information content (AvgIpc) is 1.87. The molecule has 50 valence electrons. The Morgan fingerprint density at radius 1 is 1.44 bits per heavy atom. The first kappa shape index (κ1) is 8.02. The molecule has 9 heavy (non-hydrogen) atoms. The van der Waals surface area contributed by atoms with E-state index in [-0.39, 0.29) is 0 Å². The third kappa shape index (κ3) is 2.75. The molecule has 0 saturated carbocycles. The first-order valence-electron chi connectivity index (χ1n) is 2.87. The minimum absolute atomic E-state index is 1.14. The average molecular weight is 123 g/mol. The van der Waals surface area contributed by atoms with Crippen LogP contribution in [0.15, 0.2) is 37.2 Å². The Balaban J connectivity index is 3.99. The van der Waals surface area contributed by atoms with Gasteiger partial charge in [0.1, 0.15) is 0 Å². The van der Waals surface area contributed by atoms with Crippen molar-refractivity contribution in [3.05, 3.63) is 37.2 Å². The summed E-state index contributed by atoms with van der Waals surface area (Å²) >= 11 is 0. The molecule has 0 aliphatic carbocycles. The zero-order chi connectivity index (χ0) is 7.28. The molecule has 0 bridgehead atoms. The zero-order valence-electron chi connectivity index (χ0n) is 6.09. The summed E-state index contributed by atoms with van der Waals surface area (Å²) < 4.78 is 0. The maximum absolute atomic E-state index is 3.61. The van der Waals surface area contributed by atoms with Gasteiger partial charge in [-0.15, -0.1) is 0 Å². The van der Waals surface area contributed by atoms with Crippen molar-refractivity contribution < 1.29 is 0 Å². The van der Waals surface area contributed by atoms with Crippen LogP contribution in [0, 0.1) is 0 Å². The summed E-state index contributed by atoms with van der Waals surface area (Å²) in [6.07, 6.45) is 5.45. The molecule has 0 rings (SSSR count). The molecule has 0 fully saturated rings. The summed E-state index contributed by atoms with van der Waals surface area (Å²) in [5.74, 6) is 0. The van der Waals surface area contributed by atoms with Gasteiger partial charge in [0.2, 0.25) is 0 Å². The quantitative estimate of drug-likeness (QED) is 0.520. The van der Waals surface area contributed by atoms with Crippen molar-refractivity contribution >= 4 is 0 Å². The Morgan fingerprint density at radius 2 is 2.00 bits per heavy atom. The molecule has 0 aliphatic rings. The van der Waals surface area contributed by atoms with Gasteiger partial charge >= 0.3 is 0 Å². The van der Waals surface area contributed by atoms with E-state index in [1.165, 1.54) is 0 Å². The summed E-state index contributed by atoms with van der Waals surface area (Å²) in [6.45, 7) is 9.20. The van der Waals surface area contributed by atoms with E-state index in [4.69, 9.17) is 0 Å². The van der Waals surface area contributed by atoms with Gasteiger partial charge in [-0.25, -0.2) is 0 Å². The maximum atomic E-state index is 3.61. The first-order valence-corrected chi connectivity index (χ1v) is 2.87. The SMILES string of the molecule is C=CC=C(C)N(C)C=C. The van der Waals surface area contributed by atoms with E-state index in [0.29, 0.717) is 0 Å². The summed E-state index contributed by atoms with van der Waals surface area (Å²) in [4.78, 5) is 1.93. The lowest BCUT2D eigenvalue weighted by Gasteiger charge is -2.12. The second-order valence-electron chi connectivity index (χ2n) is 1.84. The van der Waals surface area contributed by atoms with E-state index in [1.54, 1.807) is 12.3 Å². The lowest BCUT2D eigenvalue weighted by molar-refractivity contribution is 0.572. The molecule has 0 heterocycles. The zero-order valence-corrected chi connectivity index (χ0v) is 6.09. The van der Waals surface area contributed by atoms with Gasteiger partial charge in [0.25, 0.3) is 0 Å². The van der Waals surface area contributed by atoms with Gasteiger partial charge in [-0.1, -0.05) is 19.2 Å². The summed E-state index contributed by atoms with van der Waals surface area (Å²) in [5.41, 5.74) is 1.14. The fourth-order valence-electron chi connectivity index (χ4n) is 0.432.